The van der Waals surface area contributed by atoms with E-state index in [0.29, 0.717) is 0 Å². The van der Waals surface area contributed by atoms with E-state index in [1.807, 2.05) is 30.3 Å². The SMILES string of the molecule is CC(=O)N[C@H]1[C@@H](OC(C)C(=O)O)[C@@H]2OC(c3ccccc3)OC[C@H]2O[C@@H]1O. The number of carboxylic acid groups (broad SMARTS) is 1. The summed E-state index contributed by atoms with van der Waals surface area (Å²) >= 11 is 0. The standard InChI is InChI=1S/C18H23NO8/c1-9(16(21)22)25-15-13(19-10(2)20)17(23)26-12-8-24-18(27-14(12)15)11-6-4-3-5-7-11/h3-7,9,12-15,17-18,23H,8H2,1-2H3,(H,19,20)(H,21,22)/t9?,12-,13+,14-,15-,17+,18?/m1/s1. The molecule has 2 aliphatic heterocycles. The molecule has 0 saturated carbocycles. The van der Waals surface area contributed by atoms with E-state index in [9.17, 15) is 19.8 Å². The van der Waals surface area contributed by atoms with Crippen LogP contribution in [0.3, 0.4) is 0 Å². The highest BCUT2D eigenvalue weighted by Crippen LogP contribution is 2.35. The summed E-state index contributed by atoms with van der Waals surface area (Å²) in [6.07, 6.45) is -5.61. The van der Waals surface area contributed by atoms with Gasteiger partial charge in [0.1, 0.15) is 24.4 Å². The lowest BCUT2D eigenvalue weighted by Crippen LogP contribution is -2.67. The molecule has 1 amide bonds. The Kier molecular flexibility index (Phi) is 6.08. The molecule has 7 atom stereocenters. The average molecular weight is 381 g/mol. The van der Waals surface area contributed by atoms with Gasteiger partial charge < -0.3 is 34.5 Å². The van der Waals surface area contributed by atoms with Gasteiger partial charge in [-0.15, -0.1) is 0 Å². The molecule has 0 aromatic heterocycles. The van der Waals surface area contributed by atoms with E-state index in [1.165, 1.54) is 13.8 Å². The second-order valence-corrected chi connectivity index (χ2v) is 6.55. The number of rotatable bonds is 5. The summed E-state index contributed by atoms with van der Waals surface area (Å²) in [5.74, 6) is -1.58. The lowest BCUT2D eigenvalue weighted by molar-refractivity contribution is -0.344. The highest BCUT2D eigenvalue weighted by atomic mass is 16.7. The number of aliphatic hydroxyl groups is 1. The number of carbonyl (C=O) groups is 2. The Morgan fingerprint density at radius 2 is 1.96 bits per heavy atom. The summed E-state index contributed by atoms with van der Waals surface area (Å²) in [5.41, 5.74) is 0.781. The zero-order valence-electron chi connectivity index (χ0n) is 15.0. The monoisotopic (exact) mass is 381 g/mol. The van der Waals surface area contributed by atoms with Gasteiger partial charge in [-0.3, -0.25) is 4.79 Å². The Balaban J connectivity index is 1.85. The predicted octanol–water partition coefficient (Wildman–Crippen LogP) is 0.181. The number of amides is 1. The van der Waals surface area contributed by atoms with Gasteiger partial charge in [0, 0.05) is 12.5 Å². The van der Waals surface area contributed by atoms with E-state index in [-0.39, 0.29) is 6.61 Å². The Bertz CT molecular complexity index is 669. The molecule has 0 radical (unpaired) electrons. The van der Waals surface area contributed by atoms with Crippen LogP contribution in [0.4, 0.5) is 0 Å². The average Bonchev–Trinajstić information content (AvgIpc) is 2.64. The third-order valence-corrected chi connectivity index (χ3v) is 4.51. The van der Waals surface area contributed by atoms with E-state index < -0.39 is 54.9 Å². The van der Waals surface area contributed by atoms with Crippen molar-refractivity contribution in [3.63, 3.8) is 0 Å². The fraction of sp³-hybridized carbons (Fsp3) is 0.556. The summed E-state index contributed by atoms with van der Waals surface area (Å²) in [6, 6.07) is 8.24. The molecule has 0 aliphatic carbocycles. The minimum absolute atomic E-state index is 0.120. The van der Waals surface area contributed by atoms with Crippen molar-refractivity contribution in [2.45, 2.75) is 56.9 Å². The minimum Gasteiger partial charge on any atom is -0.479 e. The minimum atomic E-state index is -1.39. The van der Waals surface area contributed by atoms with Gasteiger partial charge in [0.05, 0.1) is 6.61 Å². The Morgan fingerprint density at radius 3 is 2.59 bits per heavy atom. The molecule has 2 aliphatic rings. The van der Waals surface area contributed by atoms with Crippen molar-refractivity contribution < 1.29 is 38.7 Å². The van der Waals surface area contributed by atoms with Crippen molar-refractivity contribution in [1.82, 2.24) is 5.32 Å². The molecule has 9 heteroatoms. The van der Waals surface area contributed by atoms with Crippen LogP contribution in [0.15, 0.2) is 30.3 Å². The van der Waals surface area contributed by atoms with Crippen LogP contribution in [0.2, 0.25) is 0 Å². The number of benzene rings is 1. The third-order valence-electron chi connectivity index (χ3n) is 4.51. The van der Waals surface area contributed by atoms with Crippen molar-refractivity contribution in [3.05, 3.63) is 35.9 Å². The van der Waals surface area contributed by atoms with Crippen molar-refractivity contribution in [3.8, 4) is 0 Å². The lowest BCUT2D eigenvalue weighted by atomic mass is 9.95. The molecule has 27 heavy (non-hydrogen) atoms. The first kappa shape index (κ1) is 19.7. The molecule has 1 aromatic rings. The number of hydrogen-bond donors (Lipinski definition) is 3. The van der Waals surface area contributed by atoms with E-state index in [2.05, 4.69) is 5.32 Å². The second-order valence-electron chi connectivity index (χ2n) is 6.55. The van der Waals surface area contributed by atoms with Gasteiger partial charge in [-0.1, -0.05) is 30.3 Å². The summed E-state index contributed by atoms with van der Waals surface area (Å²) in [7, 11) is 0. The first-order valence-corrected chi connectivity index (χ1v) is 8.67. The fourth-order valence-electron chi connectivity index (χ4n) is 3.21. The number of nitrogens with one attached hydrogen (secondary N) is 1. The van der Waals surface area contributed by atoms with Gasteiger partial charge in [-0.2, -0.15) is 0 Å². The summed E-state index contributed by atoms with van der Waals surface area (Å²) < 4.78 is 22.9. The number of carbonyl (C=O) groups excluding carboxylic acids is 1. The second kappa shape index (κ2) is 8.32. The van der Waals surface area contributed by atoms with Crippen LogP contribution in [0.5, 0.6) is 0 Å². The number of carboxylic acids is 1. The highest BCUT2D eigenvalue weighted by Gasteiger charge is 2.51. The third kappa shape index (κ3) is 4.45. The lowest BCUT2D eigenvalue weighted by Gasteiger charge is -2.48. The topological polar surface area (TPSA) is 124 Å². The van der Waals surface area contributed by atoms with Crippen LogP contribution in [-0.2, 0) is 28.5 Å². The molecule has 0 spiro atoms. The summed E-state index contributed by atoms with van der Waals surface area (Å²) in [6.45, 7) is 2.78. The van der Waals surface area contributed by atoms with Crippen molar-refractivity contribution in [1.29, 1.82) is 0 Å². The molecule has 9 nitrogen and oxygen atoms in total. The Labute approximate surface area is 156 Å². The number of hydrogen-bond acceptors (Lipinski definition) is 7. The largest absolute Gasteiger partial charge is 0.479 e. The van der Waals surface area contributed by atoms with E-state index in [1.54, 1.807) is 0 Å². The van der Waals surface area contributed by atoms with E-state index in [0.717, 1.165) is 5.56 Å². The fourth-order valence-corrected chi connectivity index (χ4v) is 3.21. The van der Waals surface area contributed by atoms with Crippen LogP contribution in [0.25, 0.3) is 0 Å². The molecule has 2 heterocycles. The first-order valence-electron chi connectivity index (χ1n) is 8.67. The number of aliphatic carboxylic acids is 1. The van der Waals surface area contributed by atoms with E-state index >= 15 is 0 Å². The van der Waals surface area contributed by atoms with E-state index in [4.69, 9.17) is 18.9 Å². The molecule has 2 saturated heterocycles. The number of fused-ring (bicyclic) bond motifs is 1. The molecular weight excluding hydrogens is 358 g/mol. The van der Waals surface area contributed by atoms with Gasteiger partial charge in [-0.05, 0) is 6.92 Å². The number of ether oxygens (including phenoxy) is 4. The van der Waals surface area contributed by atoms with Gasteiger partial charge in [-0.25, -0.2) is 4.79 Å². The van der Waals surface area contributed by atoms with Crippen LogP contribution < -0.4 is 5.32 Å². The molecule has 0 bridgehead atoms. The zero-order chi connectivity index (χ0) is 19.6. The molecule has 3 N–H and O–H groups in total. The first-order chi connectivity index (χ1) is 12.9. The molecule has 148 valence electrons. The van der Waals surface area contributed by atoms with Gasteiger partial charge in [0.25, 0.3) is 0 Å². The maximum absolute atomic E-state index is 11.6. The zero-order valence-corrected chi connectivity index (χ0v) is 15.0. The Morgan fingerprint density at radius 1 is 1.26 bits per heavy atom. The van der Waals surface area contributed by atoms with Crippen LogP contribution in [-0.4, -0.2) is 65.4 Å². The van der Waals surface area contributed by atoms with Crippen LogP contribution in [0, 0.1) is 0 Å². The maximum Gasteiger partial charge on any atom is 0.332 e. The van der Waals surface area contributed by atoms with Gasteiger partial charge >= 0.3 is 5.97 Å². The summed E-state index contributed by atoms with van der Waals surface area (Å²) in [5, 5.41) is 22.0. The normalized spacial score (nSPS) is 34.3. The molecule has 3 rings (SSSR count). The maximum atomic E-state index is 11.6. The molecule has 2 unspecified atom stereocenters. The van der Waals surface area contributed by atoms with Gasteiger partial charge in [0.15, 0.2) is 18.7 Å². The van der Waals surface area contributed by atoms with Gasteiger partial charge in [0.2, 0.25) is 5.91 Å². The molecule has 1 aromatic carbocycles. The molecule has 2 fully saturated rings. The van der Waals surface area contributed by atoms with Crippen molar-refractivity contribution in [2.75, 3.05) is 6.61 Å². The predicted molar refractivity (Wildman–Crippen MR) is 90.5 cm³/mol. The highest BCUT2D eigenvalue weighted by molar-refractivity contribution is 5.73. The Hall–Kier alpha value is -2.04. The quantitative estimate of drug-likeness (QED) is 0.660. The molecular formula is C18H23NO8. The summed E-state index contributed by atoms with van der Waals surface area (Å²) in [4.78, 5) is 22.8. The van der Waals surface area contributed by atoms with Crippen molar-refractivity contribution in [2.24, 2.45) is 0 Å². The van der Waals surface area contributed by atoms with Crippen LogP contribution in [0.1, 0.15) is 25.7 Å². The van der Waals surface area contributed by atoms with Crippen molar-refractivity contribution >= 4 is 11.9 Å². The van der Waals surface area contributed by atoms with Crippen LogP contribution >= 0.6 is 0 Å². The number of aliphatic hydroxyl groups excluding tert-OH is 1. The smallest absolute Gasteiger partial charge is 0.332 e.